The Bertz CT molecular complexity index is 1880. The fourth-order valence-electron chi connectivity index (χ4n) is 3.39. The second-order valence-corrected chi connectivity index (χ2v) is 13.2. The highest BCUT2D eigenvalue weighted by Gasteiger charge is 2.32. The topological polar surface area (TPSA) is 187 Å². The number of halogens is 2. The van der Waals surface area contributed by atoms with E-state index in [1.807, 2.05) is 0 Å². The van der Waals surface area contributed by atoms with Crippen molar-refractivity contribution < 1.29 is 35.5 Å². The number of ether oxygens (including phenoxy) is 1. The largest absolute Gasteiger partial charge is 0.493 e. The van der Waals surface area contributed by atoms with Crippen molar-refractivity contribution in [3.63, 3.8) is 0 Å². The van der Waals surface area contributed by atoms with E-state index in [1.54, 1.807) is 30.3 Å². The normalized spacial score (nSPS) is 11.2. The number of nitriles is 2. The highest BCUT2D eigenvalue weighted by Crippen LogP contribution is 2.48. The molecule has 0 aliphatic rings. The van der Waals surface area contributed by atoms with Gasteiger partial charge < -0.3 is 13.8 Å². The lowest BCUT2D eigenvalue weighted by molar-refractivity contribution is 0.328. The molecule has 0 spiro atoms. The van der Waals surface area contributed by atoms with Gasteiger partial charge in [0.1, 0.15) is 51.5 Å². The van der Waals surface area contributed by atoms with E-state index in [0.29, 0.717) is 15.8 Å². The van der Waals surface area contributed by atoms with Gasteiger partial charge in [0.25, 0.3) is 10.0 Å². The van der Waals surface area contributed by atoms with Gasteiger partial charge in [-0.3, -0.25) is 0 Å². The minimum atomic E-state index is -4.57. The highest BCUT2D eigenvalue weighted by atomic mass is 32.2. The van der Waals surface area contributed by atoms with Crippen molar-refractivity contribution in [1.82, 2.24) is 4.72 Å². The molecule has 4 rings (SSSR count). The van der Waals surface area contributed by atoms with Crippen LogP contribution in [0.25, 0.3) is 20.5 Å². The van der Waals surface area contributed by atoms with Crippen molar-refractivity contribution in [1.29, 1.82) is 10.5 Å². The summed E-state index contributed by atoms with van der Waals surface area (Å²) >= 11 is 0.911. The van der Waals surface area contributed by atoms with E-state index in [1.165, 1.54) is 6.07 Å². The molecular formula is C25H17F2N6O6PS2. The van der Waals surface area contributed by atoms with Crippen molar-refractivity contribution >= 4 is 39.0 Å². The smallest absolute Gasteiger partial charge is 0.445 e. The van der Waals surface area contributed by atoms with Gasteiger partial charge in [-0.25, -0.2) is 21.8 Å². The SMILES string of the molecule is N#Cc1ccc(OP(=O)(CNS(=O)(=O)c2cc3cc(OCCN=[N+]=[N-])ccc3s2)Oc2ccc(C#N)c(F)c2)cc1F. The second-order valence-electron chi connectivity index (χ2n) is 8.17. The highest BCUT2D eigenvalue weighted by molar-refractivity contribution is 7.92. The minimum absolute atomic E-state index is 0.107. The quantitative estimate of drug-likeness (QED) is 0.0630. The average molecular weight is 631 g/mol. The molecule has 214 valence electrons. The second kappa shape index (κ2) is 12.9. The molecule has 0 atom stereocenters. The first-order chi connectivity index (χ1) is 20.1. The molecule has 1 heterocycles. The van der Waals surface area contributed by atoms with E-state index in [2.05, 4.69) is 14.7 Å². The summed E-state index contributed by atoms with van der Waals surface area (Å²) in [6, 6.07) is 15.4. The number of thiophene rings is 1. The summed E-state index contributed by atoms with van der Waals surface area (Å²) in [7, 11) is -8.88. The summed E-state index contributed by atoms with van der Waals surface area (Å²) in [6.07, 6.45) is -0.958. The van der Waals surface area contributed by atoms with Gasteiger partial charge in [0.05, 0.1) is 24.3 Å². The minimum Gasteiger partial charge on any atom is -0.493 e. The Balaban J connectivity index is 1.58. The number of hydrogen-bond acceptors (Lipinski definition) is 10. The van der Waals surface area contributed by atoms with Crippen LogP contribution < -0.4 is 18.5 Å². The number of fused-ring (bicyclic) bond motifs is 1. The first kappa shape index (κ1) is 30.3. The molecule has 3 aromatic carbocycles. The fraction of sp³-hybridized carbons (Fsp3) is 0.120. The van der Waals surface area contributed by atoms with Crippen LogP contribution in [0.1, 0.15) is 11.1 Å². The van der Waals surface area contributed by atoms with Crippen molar-refractivity contribution in [3.8, 4) is 29.4 Å². The summed E-state index contributed by atoms with van der Waals surface area (Å²) in [6.45, 7) is 0.226. The molecule has 17 heteroatoms. The summed E-state index contributed by atoms with van der Waals surface area (Å²) in [4.78, 5) is 2.63. The molecule has 0 amide bonds. The van der Waals surface area contributed by atoms with Crippen LogP contribution >= 0.6 is 18.9 Å². The van der Waals surface area contributed by atoms with Crippen LogP contribution in [0.15, 0.2) is 70.0 Å². The lowest BCUT2D eigenvalue weighted by atomic mass is 10.2. The van der Waals surface area contributed by atoms with E-state index in [-0.39, 0.29) is 40.0 Å². The van der Waals surface area contributed by atoms with Gasteiger partial charge in [-0.05, 0) is 59.4 Å². The van der Waals surface area contributed by atoms with Crippen molar-refractivity contribution in [2.24, 2.45) is 5.11 Å². The molecule has 0 aliphatic heterocycles. The molecule has 0 fully saturated rings. The number of sulfonamides is 1. The Morgan fingerprint density at radius 3 is 2.10 bits per heavy atom. The molecule has 0 bridgehead atoms. The maximum Gasteiger partial charge on any atom is 0.445 e. The molecule has 0 saturated heterocycles. The Hall–Kier alpha value is -4.69. The molecule has 0 unspecified atom stereocenters. The van der Waals surface area contributed by atoms with E-state index in [0.717, 1.165) is 47.7 Å². The Morgan fingerprint density at radius 2 is 1.55 bits per heavy atom. The first-order valence-corrected chi connectivity index (χ1v) is 15.6. The van der Waals surface area contributed by atoms with Crippen LogP contribution in [-0.4, -0.2) is 27.9 Å². The van der Waals surface area contributed by atoms with Crippen LogP contribution in [0.3, 0.4) is 0 Å². The van der Waals surface area contributed by atoms with Gasteiger partial charge in [0.15, 0.2) is 0 Å². The van der Waals surface area contributed by atoms with E-state index in [4.69, 9.17) is 29.8 Å². The molecular weight excluding hydrogens is 613 g/mol. The molecule has 4 aromatic rings. The third kappa shape index (κ3) is 7.33. The maximum atomic E-state index is 14.2. The lowest BCUT2D eigenvalue weighted by Crippen LogP contribution is -2.26. The average Bonchev–Trinajstić information content (AvgIpc) is 3.39. The summed E-state index contributed by atoms with van der Waals surface area (Å²) in [5.74, 6) is -2.26. The zero-order valence-electron chi connectivity index (χ0n) is 21.1. The van der Waals surface area contributed by atoms with Gasteiger partial charge in [-0.1, -0.05) is 5.11 Å². The van der Waals surface area contributed by atoms with Crippen molar-refractivity contribution in [3.05, 3.63) is 93.9 Å². The molecule has 0 aliphatic carbocycles. The van der Waals surface area contributed by atoms with Crippen LogP contribution in [0.4, 0.5) is 8.78 Å². The van der Waals surface area contributed by atoms with Crippen LogP contribution in [0, 0.1) is 34.3 Å². The lowest BCUT2D eigenvalue weighted by Gasteiger charge is -2.20. The monoisotopic (exact) mass is 630 g/mol. The summed E-state index contributed by atoms with van der Waals surface area (Å²) < 4.78 is 87.2. The summed E-state index contributed by atoms with van der Waals surface area (Å²) in [5.41, 5.74) is 7.71. The van der Waals surface area contributed by atoms with Gasteiger partial charge >= 0.3 is 7.60 Å². The van der Waals surface area contributed by atoms with Crippen molar-refractivity contribution in [2.45, 2.75) is 4.21 Å². The fourth-order valence-corrected chi connectivity index (χ4v) is 7.83. The van der Waals surface area contributed by atoms with Gasteiger partial charge in [-0.2, -0.15) is 15.2 Å². The van der Waals surface area contributed by atoms with E-state index >= 15 is 0 Å². The maximum absolute atomic E-state index is 14.2. The van der Waals surface area contributed by atoms with Gasteiger partial charge in [-0.15, -0.1) is 11.3 Å². The molecule has 1 N–H and O–H groups in total. The van der Waals surface area contributed by atoms with Crippen LogP contribution in [0.2, 0.25) is 0 Å². The molecule has 0 saturated carbocycles. The van der Waals surface area contributed by atoms with Crippen LogP contribution in [0.5, 0.6) is 17.2 Å². The molecule has 42 heavy (non-hydrogen) atoms. The number of benzene rings is 3. The standard InChI is InChI=1S/C25H17F2N6O6PS2/c26-22-11-20(3-1-16(22)13-28)38-40(34,39-21-4-2-17(14-29)23(27)12-21)15-32-42(35,36)25-10-18-9-19(5-6-24(18)41-25)37-8-7-31-33-30/h1-6,9-12,32H,7-8,15H2. The van der Waals surface area contributed by atoms with Crippen LogP contribution in [-0.2, 0) is 14.6 Å². The van der Waals surface area contributed by atoms with Gasteiger partial charge in [0, 0.05) is 21.7 Å². The molecule has 1 aromatic heterocycles. The van der Waals surface area contributed by atoms with Gasteiger partial charge in [0.2, 0.25) is 0 Å². The Morgan fingerprint density at radius 1 is 0.952 bits per heavy atom. The Labute approximate surface area is 241 Å². The Kier molecular flexibility index (Phi) is 9.28. The number of rotatable bonds is 12. The van der Waals surface area contributed by atoms with E-state index < -0.39 is 35.5 Å². The third-order valence-electron chi connectivity index (χ3n) is 5.31. The van der Waals surface area contributed by atoms with E-state index in [9.17, 15) is 21.8 Å². The number of hydrogen-bond donors (Lipinski definition) is 1. The number of nitrogens with one attached hydrogen (secondary N) is 1. The summed E-state index contributed by atoms with van der Waals surface area (Å²) in [5, 5.41) is 21.8. The number of nitrogens with zero attached hydrogens (tertiary/aromatic N) is 5. The molecule has 12 nitrogen and oxygen atoms in total. The molecule has 0 radical (unpaired) electrons. The zero-order valence-corrected chi connectivity index (χ0v) is 23.6. The van der Waals surface area contributed by atoms with Crippen molar-refractivity contribution in [2.75, 3.05) is 19.4 Å². The first-order valence-electron chi connectivity index (χ1n) is 11.6. The predicted molar refractivity (Wildman–Crippen MR) is 148 cm³/mol. The predicted octanol–water partition coefficient (Wildman–Crippen LogP) is 6.20. The third-order valence-corrected chi connectivity index (χ3v) is 10.0. The number of azide groups is 1. The zero-order chi connectivity index (χ0) is 30.3.